The maximum absolute atomic E-state index is 10.2. The Bertz CT molecular complexity index is 4800. The fraction of sp³-hybridized carbons (Fsp3) is 0.195. The Morgan fingerprint density at radius 3 is 1.04 bits per heavy atom. The lowest BCUT2D eigenvalue weighted by Gasteiger charge is -2.20. The minimum Gasteiger partial charge on any atom is -0.308 e. The summed E-state index contributed by atoms with van der Waals surface area (Å²) < 4.78 is 4.75. The Hall–Kier alpha value is -10.7. The topological polar surface area (TPSA) is 81.0 Å². The molecule has 0 unspecified atom stereocenters. The number of nitriles is 1. The molecule has 0 fully saturated rings. The summed E-state index contributed by atoms with van der Waals surface area (Å²) in [6, 6.07) is 74.3. The second-order valence-corrected chi connectivity index (χ2v) is 27.9. The highest BCUT2D eigenvalue weighted by Crippen LogP contribution is 2.45. The molecule has 8 nitrogen and oxygen atoms in total. The molecular formula is C82H70N8. The molecule has 0 spiro atoms. The van der Waals surface area contributed by atoms with Gasteiger partial charge in [-0.3, -0.25) is 0 Å². The van der Waals surface area contributed by atoms with Gasteiger partial charge in [0.15, 0.2) is 28.8 Å². The summed E-state index contributed by atoms with van der Waals surface area (Å²) >= 11 is 0. The molecule has 90 heavy (non-hydrogen) atoms. The smallest absolute Gasteiger partial charge is 0.187 e. The number of benzene rings is 10. The van der Waals surface area contributed by atoms with E-state index in [1.165, 1.54) is 22.3 Å². The van der Waals surface area contributed by atoms with Crippen LogP contribution in [0.2, 0.25) is 0 Å². The molecule has 0 bridgehead atoms. The quantitative estimate of drug-likeness (QED) is 0.142. The predicted molar refractivity (Wildman–Crippen MR) is 373 cm³/mol. The average Bonchev–Trinajstić information content (AvgIpc) is 1.64. The van der Waals surface area contributed by atoms with Gasteiger partial charge < -0.3 is 9.13 Å². The van der Waals surface area contributed by atoms with E-state index in [2.05, 4.69) is 241 Å². The third-order valence-electron chi connectivity index (χ3n) is 17.7. The largest absolute Gasteiger partial charge is 0.308 e. The lowest BCUT2D eigenvalue weighted by Crippen LogP contribution is -2.10. The zero-order valence-corrected chi connectivity index (χ0v) is 53.2. The van der Waals surface area contributed by atoms with Crippen LogP contribution >= 0.6 is 0 Å². The molecule has 3 heterocycles. The zero-order chi connectivity index (χ0) is 63.2. The monoisotopic (exact) mass is 1170 g/mol. The number of rotatable bonds is 8. The summed E-state index contributed by atoms with van der Waals surface area (Å²) in [4.78, 5) is 24.8. The number of fused-ring (bicyclic) bond motifs is 6. The molecule has 0 aliphatic rings. The maximum atomic E-state index is 10.2. The molecule has 0 saturated heterocycles. The fourth-order valence-corrected chi connectivity index (χ4v) is 12.5. The summed E-state index contributed by atoms with van der Waals surface area (Å²) in [5.41, 5.74) is 19.7. The highest BCUT2D eigenvalue weighted by molar-refractivity contribution is 6.12. The van der Waals surface area contributed by atoms with Gasteiger partial charge in [0.05, 0.1) is 58.2 Å². The first-order valence-electron chi connectivity index (χ1n) is 30.8. The minimum atomic E-state index is -0.115. The minimum absolute atomic E-state index is 0.115. The van der Waals surface area contributed by atoms with Crippen molar-refractivity contribution in [3.63, 3.8) is 0 Å². The third-order valence-corrected chi connectivity index (χ3v) is 17.7. The second kappa shape index (κ2) is 21.8. The van der Waals surface area contributed by atoms with Gasteiger partial charge in [-0.15, -0.1) is 0 Å². The van der Waals surface area contributed by atoms with E-state index < -0.39 is 0 Å². The van der Waals surface area contributed by atoms with Crippen molar-refractivity contribution in [2.45, 2.75) is 105 Å². The van der Waals surface area contributed by atoms with Crippen LogP contribution < -0.4 is 0 Å². The molecule has 13 aromatic rings. The van der Waals surface area contributed by atoms with Crippen molar-refractivity contribution < 1.29 is 0 Å². The van der Waals surface area contributed by atoms with E-state index in [0.717, 1.165) is 105 Å². The molecule has 0 radical (unpaired) electrons. The molecule has 3 aromatic heterocycles. The summed E-state index contributed by atoms with van der Waals surface area (Å²) in [5.74, 6) is 1.35. The van der Waals surface area contributed by atoms with Gasteiger partial charge in [0, 0.05) is 38.2 Å². The zero-order valence-electron chi connectivity index (χ0n) is 53.2. The van der Waals surface area contributed by atoms with Crippen molar-refractivity contribution in [3.8, 4) is 85.0 Å². The van der Waals surface area contributed by atoms with Crippen LogP contribution in [0.3, 0.4) is 0 Å². The van der Waals surface area contributed by atoms with Crippen LogP contribution in [-0.2, 0) is 21.7 Å². The Kier molecular flexibility index (Phi) is 14.2. The number of nitrogens with zero attached hydrogens (tertiary/aromatic N) is 8. The first-order valence-corrected chi connectivity index (χ1v) is 30.8. The van der Waals surface area contributed by atoms with Gasteiger partial charge in [-0.05, 0) is 174 Å². The number of hydrogen-bond donors (Lipinski definition) is 0. The third kappa shape index (κ3) is 10.6. The van der Waals surface area contributed by atoms with E-state index in [0.29, 0.717) is 34.4 Å². The van der Waals surface area contributed by atoms with Crippen molar-refractivity contribution in [3.05, 3.63) is 257 Å². The number of hydrogen-bond acceptors (Lipinski definition) is 4. The van der Waals surface area contributed by atoms with E-state index in [1.807, 2.05) is 72.8 Å². The molecular weight excluding hydrogens is 1100 g/mol. The van der Waals surface area contributed by atoms with E-state index in [9.17, 15) is 5.26 Å². The Morgan fingerprint density at radius 2 is 0.678 bits per heavy atom. The summed E-state index contributed by atoms with van der Waals surface area (Å²) in [6.45, 7) is 43.2. The van der Waals surface area contributed by atoms with E-state index in [1.54, 1.807) is 0 Å². The van der Waals surface area contributed by atoms with Crippen LogP contribution in [0.25, 0.3) is 132 Å². The fourth-order valence-electron chi connectivity index (χ4n) is 12.5. The SMILES string of the molecule is [C-]#[N+]c1cccc(-c2ccc(-c3nc(-c4ccccc4-c4cccc(C#N)c4)nc(-c4ccc(-c5cccc([N+]#[C-])c5)cc4-n4c5ccc(C(C)(C)C)cc5c5cc(C(C)(C)C)ccc54)n3)c(-n3c4ccc(C(C)(C)C)cc4c4cc(C(C)(C)C)ccc43)c2)c1. The van der Waals surface area contributed by atoms with Crippen LogP contribution in [0.4, 0.5) is 11.4 Å². The van der Waals surface area contributed by atoms with E-state index in [4.69, 9.17) is 28.1 Å². The van der Waals surface area contributed by atoms with Crippen LogP contribution in [0.5, 0.6) is 0 Å². The highest BCUT2D eigenvalue weighted by atomic mass is 15.1. The number of aromatic nitrogens is 5. The highest BCUT2D eigenvalue weighted by Gasteiger charge is 2.28. The van der Waals surface area contributed by atoms with Crippen LogP contribution in [-0.4, -0.2) is 24.1 Å². The summed E-state index contributed by atoms with van der Waals surface area (Å²) in [7, 11) is 0. The van der Waals surface area contributed by atoms with Crippen LogP contribution in [0.1, 0.15) is 111 Å². The van der Waals surface area contributed by atoms with Gasteiger partial charge in [-0.1, -0.05) is 192 Å². The molecule has 0 amide bonds. The van der Waals surface area contributed by atoms with Gasteiger partial charge in [-0.2, -0.15) is 5.26 Å². The van der Waals surface area contributed by atoms with Gasteiger partial charge in [0.2, 0.25) is 0 Å². The van der Waals surface area contributed by atoms with E-state index >= 15 is 0 Å². The first kappa shape index (κ1) is 58.3. The lowest BCUT2D eigenvalue weighted by atomic mass is 9.85. The van der Waals surface area contributed by atoms with Crippen molar-refractivity contribution in [1.82, 2.24) is 24.1 Å². The van der Waals surface area contributed by atoms with Gasteiger partial charge in [0.25, 0.3) is 0 Å². The Morgan fingerprint density at radius 1 is 0.333 bits per heavy atom. The van der Waals surface area contributed by atoms with Gasteiger partial charge in [0.1, 0.15) is 0 Å². The van der Waals surface area contributed by atoms with Crippen molar-refractivity contribution in [1.29, 1.82) is 5.26 Å². The molecule has 13 rings (SSSR count). The second-order valence-electron chi connectivity index (χ2n) is 27.9. The molecule has 10 aromatic carbocycles. The standard InChI is InChI=1S/C82H70N8/c1-79(2,3)56-30-36-70-66(45-56)67-46-57(80(4,5)6)31-37-71(67)89(70)74-43-53(51-21-18-24-60(41-51)84-13)28-34-64(74)77-86-76(63-27-16-15-26-62(63)55-23-17-20-50(40-55)49-83)87-78(88-77)65-35-29-54(52-22-19-25-61(42-52)85-14)44-75(65)90-72-38-32-58(81(7,8)9)47-68(72)69-48-59(82(10,11)12)33-39-73(69)90/h15-48H,1-12H3. The molecule has 0 aliphatic heterocycles. The van der Waals surface area contributed by atoms with Crippen molar-refractivity contribution in [2.24, 2.45) is 0 Å². The first-order chi connectivity index (χ1) is 43.0. The summed E-state index contributed by atoms with van der Waals surface area (Å²) in [5, 5.41) is 14.8. The summed E-state index contributed by atoms with van der Waals surface area (Å²) in [6.07, 6.45) is 0. The Balaban J connectivity index is 1.17. The van der Waals surface area contributed by atoms with Gasteiger partial charge >= 0.3 is 0 Å². The molecule has 0 atom stereocenters. The predicted octanol–water partition coefficient (Wildman–Crippen LogP) is 22.2. The van der Waals surface area contributed by atoms with E-state index in [-0.39, 0.29) is 21.7 Å². The van der Waals surface area contributed by atoms with Crippen LogP contribution in [0, 0.1) is 24.5 Å². The molecule has 438 valence electrons. The van der Waals surface area contributed by atoms with Crippen molar-refractivity contribution in [2.75, 3.05) is 0 Å². The van der Waals surface area contributed by atoms with Gasteiger partial charge in [-0.25, -0.2) is 24.6 Å². The maximum Gasteiger partial charge on any atom is 0.187 e. The normalized spacial score (nSPS) is 12.2. The molecule has 0 aliphatic carbocycles. The molecule has 8 heteroatoms. The van der Waals surface area contributed by atoms with Crippen molar-refractivity contribution >= 4 is 55.0 Å². The average molecular weight is 1170 g/mol. The molecule has 0 N–H and O–H groups in total. The molecule has 0 saturated carbocycles. The lowest BCUT2D eigenvalue weighted by molar-refractivity contribution is 0.590. The van der Waals surface area contributed by atoms with Crippen LogP contribution in [0.15, 0.2) is 206 Å². The Labute approximate surface area is 528 Å².